The summed E-state index contributed by atoms with van der Waals surface area (Å²) in [5.41, 5.74) is 2.36. The fourth-order valence-electron chi connectivity index (χ4n) is 2.49. The van der Waals surface area contributed by atoms with E-state index in [1.165, 1.54) is 16.3 Å². The Balaban J connectivity index is 1.44. The first-order valence-electron chi connectivity index (χ1n) is 7.30. The number of nitrogens with zero attached hydrogens (tertiary/aromatic N) is 2. The second kappa shape index (κ2) is 6.56. The predicted molar refractivity (Wildman–Crippen MR) is 96.6 cm³/mol. The molecule has 4 rings (SSSR count). The Morgan fingerprint density at radius 3 is 2.83 bits per heavy atom. The highest BCUT2D eigenvalue weighted by atomic mass is 32.2. The molecule has 0 amide bonds. The zero-order chi connectivity index (χ0) is 15.5. The van der Waals surface area contributed by atoms with Crippen molar-refractivity contribution < 1.29 is 4.52 Å². The number of fused-ring (bicyclic) bond motifs is 1. The van der Waals surface area contributed by atoms with Crippen LogP contribution < -0.4 is 0 Å². The van der Waals surface area contributed by atoms with Crippen molar-refractivity contribution in [3.8, 4) is 11.4 Å². The summed E-state index contributed by atoms with van der Waals surface area (Å²) in [6.07, 6.45) is 0. The predicted octanol–water partition coefficient (Wildman–Crippen LogP) is 5.38. The van der Waals surface area contributed by atoms with Gasteiger partial charge in [-0.25, -0.2) is 0 Å². The van der Waals surface area contributed by atoms with Crippen molar-refractivity contribution in [2.45, 2.75) is 11.5 Å². The fraction of sp³-hybridized carbons (Fsp3) is 0.111. The minimum absolute atomic E-state index is 0.673. The SMILES string of the molecule is c1ccc2c(CSCc3nc(-c4ccsc4)no3)cccc2c1. The number of aromatic nitrogens is 2. The van der Waals surface area contributed by atoms with Crippen LogP contribution in [0.5, 0.6) is 0 Å². The lowest BCUT2D eigenvalue weighted by molar-refractivity contribution is 0.391. The lowest BCUT2D eigenvalue weighted by atomic mass is 10.1. The average molecular weight is 338 g/mol. The number of benzene rings is 2. The van der Waals surface area contributed by atoms with Gasteiger partial charge in [-0.3, -0.25) is 0 Å². The second-order valence-corrected chi connectivity index (χ2v) is 6.92. The molecule has 0 aliphatic rings. The molecule has 0 saturated carbocycles. The van der Waals surface area contributed by atoms with Gasteiger partial charge in [0.25, 0.3) is 0 Å². The Labute approximate surface area is 142 Å². The molecule has 2 heterocycles. The molecule has 0 bridgehead atoms. The van der Waals surface area contributed by atoms with Crippen LogP contribution in [0.4, 0.5) is 0 Å². The van der Waals surface area contributed by atoms with Crippen LogP contribution in [0.1, 0.15) is 11.5 Å². The molecular formula is C18H14N2OS2. The summed E-state index contributed by atoms with van der Waals surface area (Å²) in [4.78, 5) is 4.45. The molecule has 0 fully saturated rings. The molecule has 23 heavy (non-hydrogen) atoms. The maximum Gasteiger partial charge on any atom is 0.236 e. The standard InChI is InChI=1S/C18H14N2OS2/c1-2-7-16-13(4-1)5-3-6-14(16)10-23-12-17-19-18(20-21-17)15-8-9-22-11-15/h1-9,11H,10,12H2. The van der Waals surface area contributed by atoms with E-state index < -0.39 is 0 Å². The van der Waals surface area contributed by atoms with E-state index in [-0.39, 0.29) is 0 Å². The number of thioether (sulfide) groups is 1. The molecule has 4 aromatic rings. The van der Waals surface area contributed by atoms with Gasteiger partial charge in [-0.1, -0.05) is 47.6 Å². The maximum atomic E-state index is 5.34. The van der Waals surface area contributed by atoms with E-state index >= 15 is 0 Å². The number of hydrogen-bond acceptors (Lipinski definition) is 5. The Hall–Kier alpha value is -2.11. The molecule has 3 nitrogen and oxygen atoms in total. The molecule has 2 aromatic carbocycles. The summed E-state index contributed by atoms with van der Waals surface area (Å²) in [6, 6.07) is 16.9. The van der Waals surface area contributed by atoms with Crippen LogP contribution in [-0.2, 0) is 11.5 Å². The first-order chi connectivity index (χ1) is 11.4. The smallest absolute Gasteiger partial charge is 0.236 e. The fourth-order valence-corrected chi connectivity index (χ4v) is 3.99. The van der Waals surface area contributed by atoms with Crippen molar-refractivity contribution in [3.05, 3.63) is 70.7 Å². The normalized spacial score (nSPS) is 11.1. The van der Waals surface area contributed by atoms with E-state index in [4.69, 9.17) is 4.52 Å². The van der Waals surface area contributed by atoms with Gasteiger partial charge in [0.05, 0.1) is 5.75 Å². The topological polar surface area (TPSA) is 38.9 Å². The summed E-state index contributed by atoms with van der Waals surface area (Å²) in [5, 5.41) is 10.7. The quantitative estimate of drug-likeness (QED) is 0.489. The monoisotopic (exact) mass is 338 g/mol. The van der Waals surface area contributed by atoms with E-state index in [1.807, 2.05) is 16.8 Å². The summed E-state index contributed by atoms with van der Waals surface area (Å²) in [7, 11) is 0. The van der Waals surface area contributed by atoms with E-state index in [1.54, 1.807) is 23.1 Å². The molecule has 0 unspecified atom stereocenters. The van der Waals surface area contributed by atoms with Gasteiger partial charge in [0.15, 0.2) is 0 Å². The van der Waals surface area contributed by atoms with Crippen LogP contribution in [0.15, 0.2) is 63.8 Å². The van der Waals surface area contributed by atoms with Crippen LogP contribution in [0, 0.1) is 0 Å². The summed E-state index contributed by atoms with van der Waals surface area (Å²) >= 11 is 3.42. The molecule has 5 heteroatoms. The Kier molecular flexibility index (Phi) is 4.13. The zero-order valence-corrected chi connectivity index (χ0v) is 13.9. The van der Waals surface area contributed by atoms with Gasteiger partial charge in [-0.2, -0.15) is 16.3 Å². The van der Waals surface area contributed by atoms with Gasteiger partial charge in [-0.05, 0) is 27.8 Å². The second-order valence-electron chi connectivity index (χ2n) is 5.15. The Bertz CT molecular complexity index is 910. The zero-order valence-electron chi connectivity index (χ0n) is 12.3. The lowest BCUT2D eigenvalue weighted by Crippen LogP contribution is -1.86. The largest absolute Gasteiger partial charge is 0.338 e. The Morgan fingerprint density at radius 1 is 1.00 bits per heavy atom. The van der Waals surface area contributed by atoms with Gasteiger partial charge in [0, 0.05) is 16.7 Å². The molecule has 2 aromatic heterocycles. The molecule has 114 valence electrons. The van der Waals surface area contributed by atoms with Gasteiger partial charge in [0.1, 0.15) is 0 Å². The van der Waals surface area contributed by atoms with E-state index in [0.29, 0.717) is 11.7 Å². The minimum Gasteiger partial charge on any atom is -0.338 e. The van der Waals surface area contributed by atoms with Gasteiger partial charge < -0.3 is 4.52 Å². The van der Waals surface area contributed by atoms with Crippen LogP contribution in [0.3, 0.4) is 0 Å². The number of rotatable bonds is 5. The molecule has 0 aliphatic heterocycles. The molecule has 0 aliphatic carbocycles. The van der Waals surface area contributed by atoms with Crippen molar-refractivity contribution in [2.75, 3.05) is 0 Å². The molecule has 0 atom stereocenters. The van der Waals surface area contributed by atoms with Crippen LogP contribution >= 0.6 is 23.1 Å². The first kappa shape index (κ1) is 14.5. The molecule has 0 N–H and O–H groups in total. The molecule has 0 spiro atoms. The minimum atomic E-state index is 0.673. The van der Waals surface area contributed by atoms with Crippen LogP contribution in [0.2, 0.25) is 0 Å². The summed E-state index contributed by atoms with van der Waals surface area (Å²) in [5.74, 6) is 3.00. The van der Waals surface area contributed by atoms with Gasteiger partial charge >= 0.3 is 0 Å². The Morgan fingerprint density at radius 2 is 1.91 bits per heavy atom. The number of hydrogen-bond donors (Lipinski definition) is 0. The first-order valence-corrected chi connectivity index (χ1v) is 9.39. The van der Waals surface area contributed by atoms with Crippen molar-refractivity contribution in [1.82, 2.24) is 10.1 Å². The lowest BCUT2D eigenvalue weighted by Gasteiger charge is -2.05. The van der Waals surface area contributed by atoms with E-state index in [0.717, 1.165) is 17.1 Å². The third kappa shape index (κ3) is 3.16. The molecular weight excluding hydrogens is 324 g/mol. The van der Waals surface area contributed by atoms with Crippen molar-refractivity contribution in [3.63, 3.8) is 0 Å². The van der Waals surface area contributed by atoms with E-state index in [2.05, 4.69) is 52.6 Å². The third-order valence-electron chi connectivity index (χ3n) is 3.61. The van der Waals surface area contributed by atoms with Crippen molar-refractivity contribution in [1.29, 1.82) is 0 Å². The summed E-state index contributed by atoms with van der Waals surface area (Å²) in [6.45, 7) is 0. The summed E-state index contributed by atoms with van der Waals surface area (Å²) < 4.78 is 5.34. The molecule has 0 saturated heterocycles. The third-order valence-corrected chi connectivity index (χ3v) is 5.26. The van der Waals surface area contributed by atoms with Crippen molar-refractivity contribution >= 4 is 33.9 Å². The van der Waals surface area contributed by atoms with Crippen LogP contribution in [-0.4, -0.2) is 10.1 Å². The van der Waals surface area contributed by atoms with E-state index in [9.17, 15) is 0 Å². The van der Waals surface area contributed by atoms with Gasteiger partial charge in [-0.15, -0.1) is 11.8 Å². The van der Waals surface area contributed by atoms with Crippen molar-refractivity contribution in [2.24, 2.45) is 0 Å². The number of thiophene rings is 1. The van der Waals surface area contributed by atoms with Gasteiger partial charge in [0.2, 0.25) is 11.7 Å². The van der Waals surface area contributed by atoms with Crippen LogP contribution in [0.25, 0.3) is 22.2 Å². The highest BCUT2D eigenvalue weighted by Crippen LogP contribution is 2.25. The average Bonchev–Trinajstić information content (AvgIpc) is 3.26. The highest BCUT2D eigenvalue weighted by Gasteiger charge is 2.09. The maximum absolute atomic E-state index is 5.34. The highest BCUT2D eigenvalue weighted by molar-refractivity contribution is 7.97. The molecule has 0 radical (unpaired) electrons.